The minimum Gasteiger partial charge on any atom is -0.310 e. The summed E-state index contributed by atoms with van der Waals surface area (Å²) in [4.78, 5) is 0. The van der Waals surface area contributed by atoms with E-state index in [0.29, 0.717) is 13.0 Å². The second kappa shape index (κ2) is 2.43. The van der Waals surface area contributed by atoms with Crippen LogP contribution in [-0.4, -0.2) is 12.6 Å². The Labute approximate surface area is 52.7 Å². The first-order valence-corrected chi connectivity index (χ1v) is 2.99. The highest BCUT2D eigenvalue weighted by molar-refractivity contribution is 5.14. The molecular formula is C6H9F2N. The molecule has 0 amide bonds. The molecule has 0 radical (unpaired) electrons. The maximum atomic E-state index is 11.8. The fourth-order valence-corrected chi connectivity index (χ4v) is 1.02. The van der Waals surface area contributed by atoms with Crippen molar-refractivity contribution in [2.45, 2.75) is 19.4 Å². The molecule has 9 heavy (non-hydrogen) atoms. The Balaban J connectivity index is 2.70. The normalized spacial score (nSPS) is 27.0. The van der Waals surface area contributed by atoms with Gasteiger partial charge in [-0.3, -0.25) is 0 Å². The number of hydrogen-bond donors (Lipinski definition) is 1. The number of rotatable bonds is 0. The van der Waals surface area contributed by atoms with E-state index >= 15 is 0 Å². The lowest BCUT2D eigenvalue weighted by Gasteiger charge is -2.01. The van der Waals surface area contributed by atoms with Gasteiger partial charge in [0.25, 0.3) is 6.08 Å². The smallest absolute Gasteiger partial charge is 0.271 e. The van der Waals surface area contributed by atoms with Crippen LogP contribution < -0.4 is 5.32 Å². The summed E-state index contributed by atoms with van der Waals surface area (Å²) in [6.07, 6.45) is -1.00. The number of nitrogens with one attached hydrogen (secondary N) is 1. The predicted octanol–water partition coefficient (Wildman–Crippen LogP) is 1.52. The van der Waals surface area contributed by atoms with Gasteiger partial charge in [-0.1, -0.05) is 0 Å². The summed E-state index contributed by atoms with van der Waals surface area (Å²) in [6, 6.07) is -0.116. The molecule has 0 aromatic rings. The Morgan fingerprint density at radius 3 is 2.56 bits per heavy atom. The van der Waals surface area contributed by atoms with Crippen molar-refractivity contribution >= 4 is 0 Å². The van der Waals surface area contributed by atoms with E-state index in [2.05, 4.69) is 5.32 Å². The zero-order chi connectivity index (χ0) is 6.85. The Bertz CT molecular complexity index is 138. The van der Waals surface area contributed by atoms with Gasteiger partial charge in [-0.05, 0) is 19.9 Å². The molecule has 0 bridgehead atoms. The van der Waals surface area contributed by atoms with E-state index in [0.717, 1.165) is 0 Å². The summed E-state index contributed by atoms with van der Waals surface area (Å²) in [5.74, 6) is 0. The summed E-state index contributed by atoms with van der Waals surface area (Å²) in [5.41, 5.74) is 0.273. The third kappa shape index (κ3) is 1.27. The van der Waals surface area contributed by atoms with Crippen LogP contribution in [0.4, 0.5) is 8.78 Å². The molecule has 1 aliphatic heterocycles. The van der Waals surface area contributed by atoms with E-state index in [1.807, 2.05) is 0 Å². The molecule has 52 valence electrons. The molecule has 0 aliphatic carbocycles. The SMILES string of the molecule is CC1NCCC1=C(F)F. The Morgan fingerprint density at radius 2 is 2.33 bits per heavy atom. The van der Waals surface area contributed by atoms with Crippen molar-refractivity contribution in [3.05, 3.63) is 11.7 Å². The average molecular weight is 133 g/mol. The molecule has 1 nitrogen and oxygen atoms in total. The zero-order valence-electron chi connectivity index (χ0n) is 5.25. The monoisotopic (exact) mass is 133 g/mol. The van der Waals surface area contributed by atoms with Crippen molar-refractivity contribution in [2.24, 2.45) is 0 Å². The van der Waals surface area contributed by atoms with E-state index in [4.69, 9.17) is 0 Å². The molecular weight excluding hydrogens is 124 g/mol. The lowest BCUT2D eigenvalue weighted by atomic mass is 10.1. The predicted molar refractivity (Wildman–Crippen MR) is 31.3 cm³/mol. The van der Waals surface area contributed by atoms with Gasteiger partial charge in [-0.25, -0.2) is 0 Å². The maximum absolute atomic E-state index is 11.8. The van der Waals surface area contributed by atoms with Gasteiger partial charge in [0.05, 0.1) is 0 Å². The Kier molecular flexibility index (Phi) is 1.81. The summed E-state index contributed by atoms with van der Waals surface area (Å²) in [5, 5.41) is 2.91. The van der Waals surface area contributed by atoms with Gasteiger partial charge in [-0.2, -0.15) is 8.78 Å². The van der Waals surface area contributed by atoms with Gasteiger partial charge in [-0.15, -0.1) is 0 Å². The minimum absolute atomic E-state index is 0.116. The molecule has 1 saturated heterocycles. The highest BCUT2D eigenvalue weighted by atomic mass is 19.3. The summed E-state index contributed by atoms with van der Waals surface area (Å²) >= 11 is 0. The van der Waals surface area contributed by atoms with Crippen LogP contribution in [0.2, 0.25) is 0 Å². The van der Waals surface area contributed by atoms with Crippen LogP contribution in [0.1, 0.15) is 13.3 Å². The van der Waals surface area contributed by atoms with E-state index < -0.39 is 6.08 Å². The van der Waals surface area contributed by atoms with Crippen LogP contribution in [0.25, 0.3) is 0 Å². The number of halogens is 2. The highest BCUT2D eigenvalue weighted by Crippen LogP contribution is 2.19. The van der Waals surface area contributed by atoms with Gasteiger partial charge in [0, 0.05) is 11.6 Å². The van der Waals surface area contributed by atoms with Crippen molar-refractivity contribution in [2.75, 3.05) is 6.54 Å². The van der Waals surface area contributed by atoms with Crippen LogP contribution in [-0.2, 0) is 0 Å². The summed E-state index contributed by atoms with van der Waals surface area (Å²) < 4.78 is 23.7. The fourth-order valence-electron chi connectivity index (χ4n) is 1.02. The third-order valence-corrected chi connectivity index (χ3v) is 1.61. The second-order valence-corrected chi connectivity index (χ2v) is 2.21. The average Bonchev–Trinajstić information content (AvgIpc) is 2.13. The van der Waals surface area contributed by atoms with Crippen LogP contribution in [0.3, 0.4) is 0 Å². The first-order chi connectivity index (χ1) is 4.22. The van der Waals surface area contributed by atoms with Crippen LogP contribution >= 0.6 is 0 Å². The molecule has 1 aliphatic rings. The van der Waals surface area contributed by atoms with E-state index in [-0.39, 0.29) is 11.6 Å². The molecule has 1 N–H and O–H groups in total. The highest BCUT2D eigenvalue weighted by Gasteiger charge is 2.19. The van der Waals surface area contributed by atoms with E-state index in [1.54, 1.807) is 6.92 Å². The van der Waals surface area contributed by atoms with Crippen molar-refractivity contribution in [3.63, 3.8) is 0 Å². The molecule has 1 fully saturated rings. The van der Waals surface area contributed by atoms with Crippen LogP contribution in [0.15, 0.2) is 11.7 Å². The van der Waals surface area contributed by atoms with E-state index in [9.17, 15) is 8.78 Å². The summed E-state index contributed by atoms with van der Waals surface area (Å²) in [6.45, 7) is 2.44. The first kappa shape index (κ1) is 6.68. The molecule has 1 heterocycles. The lowest BCUT2D eigenvalue weighted by molar-refractivity contribution is 0.405. The molecule has 0 saturated carbocycles. The van der Waals surface area contributed by atoms with Crippen molar-refractivity contribution in [1.82, 2.24) is 5.32 Å². The van der Waals surface area contributed by atoms with Crippen molar-refractivity contribution < 1.29 is 8.78 Å². The minimum atomic E-state index is -1.51. The zero-order valence-corrected chi connectivity index (χ0v) is 5.25. The number of hydrogen-bond acceptors (Lipinski definition) is 1. The van der Waals surface area contributed by atoms with Crippen molar-refractivity contribution in [3.8, 4) is 0 Å². The maximum Gasteiger partial charge on any atom is 0.271 e. The first-order valence-electron chi connectivity index (χ1n) is 2.99. The van der Waals surface area contributed by atoms with Gasteiger partial charge >= 0.3 is 0 Å². The molecule has 1 atom stereocenters. The molecule has 0 aromatic carbocycles. The van der Waals surface area contributed by atoms with E-state index in [1.165, 1.54) is 0 Å². The molecule has 3 heteroatoms. The van der Waals surface area contributed by atoms with Gasteiger partial charge in [0.15, 0.2) is 0 Å². The topological polar surface area (TPSA) is 12.0 Å². The van der Waals surface area contributed by atoms with Gasteiger partial charge in [0.2, 0.25) is 0 Å². The largest absolute Gasteiger partial charge is 0.310 e. The van der Waals surface area contributed by atoms with Gasteiger partial charge < -0.3 is 5.32 Å². The molecule has 0 aromatic heterocycles. The lowest BCUT2D eigenvalue weighted by Crippen LogP contribution is -2.18. The fraction of sp³-hybridized carbons (Fsp3) is 0.667. The molecule has 0 spiro atoms. The molecule has 1 unspecified atom stereocenters. The van der Waals surface area contributed by atoms with Crippen LogP contribution in [0.5, 0.6) is 0 Å². The second-order valence-electron chi connectivity index (χ2n) is 2.21. The Morgan fingerprint density at radius 1 is 1.67 bits per heavy atom. The standard InChI is InChI=1S/C6H9F2N/c1-4-5(6(7)8)2-3-9-4/h4,9H,2-3H2,1H3. The van der Waals surface area contributed by atoms with Gasteiger partial charge in [0.1, 0.15) is 0 Å². The quantitative estimate of drug-likeness (QED) is 0.528. The summed E-state index contributed by atoms with van der Waals surface area (Å²) in [7, 11) is 0. The van der Waals surface area contributed by atoms with Crippen molar-refractivity contribution in [1.29, 1.82) is 0 Å². The third-order valence-electron chi connectivity index (χ3n) is 1.61. The van der Waals surface area contributed by atoms with Crippen LogP contribution in [0, 0.1) is 0 Å². The Hall–Kier alpha value is -0.440. The molecule has 1 rings (SSSR count).